The summed E-state index contributed by atoms with van der Waals surface area (Å²) in [6.45, 7) is 9.55. The third kappa shape index (κ3) is 2.04. The van der Waals surface area contributed by atoms with E-state index in [0.717, 1.165) is 11.8 Å². The van der Waals surface area contributed by atoms with E-state index in [1.54, 1.807) is 5.57 Å². The van der Waals surface area contributed by atoms with Crippen LogP contribution in [-0.4, -0.2) is 0 Å². The molecule has 1 fully saturated rings. The topological polar surface area (TPSA) is 0 Å². The van der Waals surface area contributed by atoms with Crippen molar-refractivity contribution in [3.8, 4) is 0 Å². The molecule has 2 aliphatic rings. The number of hydrogen-bond acceptors (Lipinski definition) is 0. The predicted octanol–water partition coefficient (Wildman–Crippen LogP) is 4.73. The van der Waals surface area contributed by atoms with E-state index in [9.17, 15) is 0 Å². The largest absolute Gasteiger partial charge is 0.0810 e. The molecule has 2 aliphatic carbocycles. The van der Waals surface area contributed by atoms with Gasteiger partial charge in [-0.05, 0) is 37.0 Å². The molecule has 0 nitrogen and oxygen atoms in total. The van der Waals surface area contributed by atoms with Crippen LogP contribution >= 0.6 is 0 Å². The molecule has 0 aliphatic heterocycles. The molecular weight excluding hydrogens is 180 g/mol. The summed E-state index contributed by atoms with van der Waals surface area (Å²) in [7, 11) is 0. The van der Waals surface area contributed by atoms with Crippen molar-refractivity contribution in [2.75, 3.05) is 0 Å². The van der Waals surface area contributed by atoms with Crippen molar-refractivity contribution < 1.29 is 0 Å². The molecule has 0 spiro atoms. The fourth-order valence-corrected chi connectivity index (χ4v) is 3.30. The van der Waals surface area contributed by atoms with Gasteiger partial charge in [0.25, 0.3) is 0 Å². The lowest BCUT2D eigenvalue weighted by atomic mass is 9.70. The van der Waals surface area contributed by atoms with Gasteiger partial charge in [-0.25, -0.2) is 0 Å². The molecule has 2 rings (SSSR count). The van der Waals surface area contributed by atoms with Crippen molar-refractivity contribution in [1.29, 1.82) is 0 Å². The Morgan fingerprint density at radius 3 is 2.80 bits per heavy atom. The minimum Gasteiger partial charge on any atom is -0.0810 e. The molecule has 15 heavy (non-hydrogen) atoms. The van der Waals surface area contributed by atoms with Crippen molar-refractivity contribution in [1.82, 2.24) is 0 Å². The first-order chi connectivity index (χ1) is 7.00. The highest BCUT2D eigenvalue weighted by Gasteiger charge is 2.35. The second-order valence-electron chi connectivity index (χ2n) is 6.14. The van der Waals surface area contributed by atoms with Gasteiger partial charge < -0.3 is 0 Å². The molecule has 2 atom stereocenters. The van der Waals surface area contributed by atoms with E-state index in [2.05, 4.69) is 39.8 Å². The third-order valence-corrected chi connectivity index (χ3v) is 4.41. The minimum atomic E-state index is 0.435. The highest BCUT2D eigenvalue weighted by Crippen LogP contribution is 2.47. The van der Waals surface area contributed by atoms with E-state index in [4.69, 9.17) is 0 Å². The van der Waals surface area contributed by atoms with Gasteiger partial charge in [-0.1, -0.05) is 56.9 Å². The molecule has 0 aromatic heterocycles. The van der Waals surface area contributed by atoms with Gasteiger partial charge in [0.2, 0.25) is 0 Å². The van der Waals surface area contributed by atoms with Crippen LogP contribution in [0.2, 0.25) is 0 Å². The van der Waals surface area contributed by atoms with Crippen molar-refractivity contribution >= 4 is 0 Å². The average molecular weight is 204 g/mol. The molecular formula is C15H24. The molecule has 0 amide bonds. The second-order valence-corrected chi connectivity index (χ2v) is 6.14. The molecule has 0 bridgehead atoms. The lowest BCUT2D eigenvalue weighted by molar-refractivity contribution is 0.350. The predicted molar refractivity (Wildman–Crippen MR) is 66.7 cm³/mol. The number of hydrogen-bond donors (Lipinski definition) is 0. The van der Waals surface area contributed by atoms with E-state index in [0.29, 0.717) is 5.41 Å². The standard InChI is InChI=1S/C15H24/c1-11-7-8-13-12(2)6-5-9-15(3,4)14(13)10-11/h7,10,12-13H,5-6,8-9H2,1-4H3/t12-,13+/m1/s1. The summed E-state index contributed by atoms with van der Waals surface area (Å²) >= 11 is 0. The zero-order valence-electron chi connectivity index (χ0n) is 10.6. The molecule has 0 heteroatoms. The SMILES string of the molecule is CC1=CC[C@@H]2C(=C1)C(C)(C)CCC[C@H]2C. The van der Waals surface area contributed by atoms with Crippen molar-refractivity contribution in [3.63, 3.8) is 0 Å². The first kappa shape index (κ1) is 11.0. The van der Waals surface area contributed by atoms with Crippen LogP contribution in [0, 0.1) is 17.3 Å². The zero-order chi connectivity index (χ0) is 11.1. The fourth-order valence-electron chi connectivity index (χ4n) is 3.30. The van der Waals surface area contributed by atoms with Gasteiger partial charge in [-0.2, -0.15) is 0 Å². The Morgan fingerprint density at radius 2 is 2.07 bits per heavy atom. The summed E-state index contributed by atoms with van der Waals surface area (Å²) in [6, 6.07) is 0. The average Bonchev–Trinajstić information content (AvgIpc) is 2.26. The Kier molecular flexibility index (Phi) is 2.79. The number of rotatable bonds is 0. The first-order valence-corrected chi connectivity index (χ1v) is 6.39. The maximum Gasteiger partial charge on any atom is -0.0134 e. The monoisotopic (exact) mass is 204 g/mol. The van der Waals surface area contributed by atoms with Crippen molar-refractivity contribution in [2.45, 2.75) is 53.4 Å². The van der Waals surface area contributed by atoms with Crippen LogP contribution in [0.3, 0.4) is 0 Å². The van der Waals surface area contributed by atoms with Crippen molar-refractivity contribution in [2.24, 2.45) is 17.3 Å². The lowest BCUT2D eigenvalue weighted by Gasteiger charge is -2.35. The fraction of sp³-hybridized carbons (Fsp3) is 0.733. The van der Waals surface area contributed by atoms with Crippen LogP contribution in [0.15, 0.2) is 23.3 Å². The Balaban J connectivity index is 2.37. The molecule has 0 saturated heterocycles. The lowest BCUT2D eigenvalue weighted by Crippen LogP contribution is -2.23. The van der Waals surface area contributed by atoms with Gasteiger partial charge >= 0.3 is 0 Å². The van der Waals surface area contributed by atoms with Crippen LogP contribution in [0.25, 0.3) is 0 Å². The molecule has 0 aromatic rings. The molecule has 0 radical (unpaired) electrons. The molecule has 0 heterocycles. The Morgan fingerprint density at radius 1 is 1.33 bits per heavy atom. The summed E-state index contributed by atoms with van der Waals surface area (Å²) in [5.74, 6) is 1.70. The van der Waals surface area contributed by atoms with Crippen LogP contribution < -0.4 is 0 Å². The Bertz CT molecular complexity index is 304. The minimum absolute atomic E-state index is 0.435. The Hall–Kier alpha value is -0.520. The van der Waals surface area contributed by atoms with Gasteiger partial charge in [0.1, 0.15) is 0 Å². The zero-order valence-corrected chi connectivity index (χ0v) is 10.6. The van der Waals surface area contributed by atoms with E-state index < -0.39 is 0 Å². The van der Waals surface area contributed by atoms with E-state index >= 15 is 0 Å². The quantitative estimate of drug-likeness (QED) is 0.535. The summed E-state index contributed by atoms with van der Waals surface area (Å²) in [4.78, 5) is 0. The number of fused-ring (bicyclic) bond motifs is 1. The third-order valence-electron chi connectivity index (χ3n) is 4.41. The molecule has 84 valence electrons. The summed E-state index contributed by atoms with van der Waals surface area (Å²) < 4.78 is 0. The van der Waals surface area contributed by atoms with E-state index in [1.807, 2.05) is 0 Å². The van der Waals surface area contributed by atoms with Crippen LogP contribution in [0.5, 0.6) is 0 Å². The van der Waals surface area contributed by atoms with Gasteiger partial charge in [-0.15, -0.1) is 0 Å². The summed E-state index contributed by atoms with van der Waals surface area (Å²) in [5.41, 5.74) is 3.64. The first-order valence-electron chi connectivity index (χ1n) is 6.39. The summed E-state index contributed by atoms with van der Waals surface area (Å²) in [5, 5.41) is 0. The van der Waals surface area contributed by atoms with Gasteiger partial charge in [0.15, 0.2) is 0 Å². The van der Waals surface area contributed by atoms with Gasteiger partial charge in [0.05, 0.1) is 0 Å². The molecule has 0 unspecified atom stereocenters. The molecule has 0 N–H and O–H groups in total. The second kappa shape index (κ2) is 3.81. The van der Waals surface area contributed by atoms with E-state index in [-0.39, 0.29) is 0 Å². The molecule has 0 aromatic carbocycles. The maximum atomic E-state index is 2.47. The van der Waals surface area contributed by atoms with Crippen molar-refractivity contribution in [3.05, 3.63) is 23.3 Å². The van der Waals surface area contributed by atoms with Gasteiger partial charge in [0, 0.05) is 0 Å². The van der Waals surface area contributed by atoms with Crippen LogP contribution in [-0.2, 0) is 0 Å². The highest BCUT2D eigenvalue weighted by atomic mass is 14.4. The highest BCUT2D eigenvalue weighted by molar-refractivity contribution is 5.32. The molecule has 1 saturated carbocycles. The number of allylic oxidation sites excluding steroid dienone is 4. The normalized spacial score (nSPS) is 34.9. The smallest absolute Gasteiger partial charge is 0.0134 e. The van der Waals surface area contributed by atoms with Crippen LogP contribution in [0.4, 0.5) is 0 Å². The summed E-state index contributed by atoms with van der Waals surface area (Å²) in [6.07, 6.45) is 10.4. The van der Waals surface area contributed by atoms with E-state index in [1.165, 1.54) is 31.3 Å². The maximum absolute atomic E-state index is 2.47. The Labute approximate surface area is 94.5 Å². The van der Waals surface area contributed by atoms with Crippen LogP contribution in [0.1, 0.15) is 53.4 Å². The van der Waals surface area contributed by atoms with Gasteiger partial charge in [-0.3, -0.25) is 0 Å².